The molecule has 0 bridgehead atoms. The first-order chi connectivity index (χ1) is 16.7. The van der Waals surface area contributed by atoms with Gasteiger partial charge in [-0.15, -0.1) is 0 Å². The van der Waals surface area contributed by atoms with Gasteiger partial charge in [0, 0.05) is 31.6 Å². The van der Waals surface area contributed by atoms with E-state index in [0.29, 0.717) is 13.1 Å². The van der Waals surface area contributed by atoms with E-state index >= 15 is 0 Å². The summed E-state index contributed by atoms with van der Waals surface area (Å²) in [6.45, 7) is 9.61. The van der Waals surface area contributed by atoms with Crippen LogP contribution in [0.4, 0.5) is 0 Å². The summed E-state index contributed by atoms with van der Waals surface area (Å²) in [5.41, 5.74) is 8.79. The van der Waals surface area contributed by atoms with Crippen LogP contribution in [0.5, 0.6) is 0 Å². The third-order valence-electron chi connectivity index (χ3n) is 8.28. The molecule has 0 aliphatic carbocycles. The Morgan fingerprint density at radius 1 is 1.03 bits per heavy atom. The van der Waals surface area contributed by atoms with Crippen LogP contribution in [-0.2, 0) is 14.9 Å². The molecule has 3 heterocycles. The van der Waals surface area contributed by atoms with Crippen molar-refractivity contribution in [3.63, 3.8) is 0 Å². The second-order valence-electron chi connectivity index (χ2n) is 10.4. The van der Waals surface area contributed by atoms with Crippen molar-refractivity contribution < 1.29 is 18.4 Å². The van der Waals surface area contributed by atoms with Gasteiger partial charge in [0.2, 0.25) is 10.0 Å². The predicted octanol–water partition coefficient (Wildman–Crippen LogP) is 3.16. The molecule has 3 unspecified atom stereocenters. The minimum atomic E-state index is -3.56. The topological polar surface area (TPSA) is 82.1 Å². The smallest absolute Gasteiger partial charge is 0.221 e. The molecule has 3 aliphatic heterocycles. The van der Waals surface area contributed by atoms with Gasteiger partial charge in [-0.05, 0) is 68.4 Å². The molecule has 5 rings (SSSR count). The van der Waals surface area contributed by atoms with Crippen LogP contribution in [0, 0.1) is 13.8 Å². The lowest BCUT2D eigenvalue weighted by molar-refractivity contribution is -0.148. The van der Waals surface area contributed by atoms with Crippen LogP contribution in [0.2, 0.25) is 0 Å². The molecule has 35 heavy (non-hydrogen) atoms. The number of hydroxylamine groups is 1. The van der Waals surface area contributed by atoms with Gasteiger partial charge < -0.3 is 5.11 Å². The van der Waals surface area contributed by atoms with E-state index in [2.05, 4.69) is 66.7 Å². The van der Waals surface area contributed by atoms with Crippen LogP contribution < -0.4 is 5.48 Å². The lowest BCUT2D eigenvalue weighted by Crippen LogP contribution is -2.67. The van der Waals surface area contributed by atoms with E-state index in [-0.39, 0.29) is 18.0 Å². The van der Waals surface area contributed by atoms with Crippen molar-refractivity contribution in [3.05, 3.63) is 59.2 Å². The number of aliphatic hydroxyl groups is 1. The third kappa shape index (κ3) is 4.34. The Morgan fingerprint density at radius 2 is 1.74 bits per heavy atom. The molecule has 2 aromatic rings. The average molecular weight is 500 g/mol. The van der Waals surface area contributed by atoms with Gasteiger partial charge in [0.25, 0.3) is 0 Å². The van der Waals surface area contributed by atoms with Crippen molar-refractivity contribution in [2.24, 2.45) is 0 Å². The fraction of sp³-hybridized carbons (Fsp3) is 0.556. The number of aliphatic hydroxyl groups excluding tert-OH is 1. The number of aryl methyl sites for hydroxylation is 1. The molecule has 0 amide bonds. The Bertz CT molecular complexity index is 1160. The summed E-state index contributed by atoms with van der Waals surface area (Å²) in [7, 11) is -3.56. The van der Waals surface area contributed by atoms with Crippen LogP contribution in [0.15, 0.2) is 42.5 Å². The van der Waals surface area contributed by atoms with Gasteiger partial charge in [-0.2, -0.15) is 9.79 Å². The van der Waals surface area contributed by atoms with Gasteiger partial charge in [0.05, 0.1) is 12.1 Å². The van der Waals surface area contributed by atoms with Crippen LogP contribution in [0.25, 0.3) is 11.1 Å². The number of hydrogen-bond donors (Lipinski definition) is 2. The summed E-state index contributed by atoms with van der Waals surface area (Å²) < 4.78 is 29.0. The van der Waals surface area contributed by atoms with Gasteiger partial charge in [0.1, 0.15) is 11.5 Å². The van der Waals surface area contributed by atoms with E-state index < -0.39 is 27.6 Å². The number of hydrogen-bond acceptors (Lipinski definition) is 6. The Labute approximate surface area is 209 Å². The molecule has 3 aliphatic rings. The average Bonchev–Trinajstić information content (AvgIpc) is 3.16. The van der Waals surface area contributed by atoms with E-state index in [0.717, 1.165) is 30.5 Å². The lowest BCUT2D eigenvalue weighted by atomic mass is 9.79. The predicted molar refractivity (Wildman–Crippen MR) is 137 cm³/mol. The third-order valence-corrected chi connectivity index (χ3v) is 10.8. The van der Waals surface area contributed by atoms with Crippen molar-refractivity contribution in [2.45, 2.75) is 76.1 Å². The molecular weight excluding hydrogens is 462 g/mol. The maximum Gasteiger partial charge on any atom is 0.221 e. The first-order valence-corrected chi connectivity index (χ1v) is 14.2. The van der Waals surface area contributed by atoms with Gasteiger partial charge in [-0.25, -0.2) is 8.42 Å². The Kier molecular flexibility index (Phi) is 6.80. The standard InChI is InChI=1S/C27H37N3O4S/c1-17-8-7-9-23(18(17)2)21-10-12-22(13-11-21)25-24-16-29(14-5-6-15-30(24)27(25)31)35(32,33)26-19(3)28-34-20(26)4/h7-13,19-20,24-28,31H,5-6,14-16H2,1-4H3/t19?,20?,24-,25-,26?,27+/m0/s1. The summed E-state index contributed by atoms with van der Waals surface area (Å²) in [4.78, 5) is 7.51. The highest BCUT2D eigenvalue weighted by atomic mass is 32.2. The van der Waals surface area contributed by atoms with Crippen LogP contribution in [0.1, 0.15) is 49.3 Å². The summed E-state index contributed by atoms with van der Waals surface area (Å²) in [6.07, 6.45) is 0.650. The highest BCUT2D eigenvalue weighted by Crippen LogP contribution is 2.42. The highest BCUT2D eigenvalue weighted by Gasteiger charge is 2.52. The van der Waals surface area contributed by atoms with Crippen molar-refractivity contribution in [1.29, 1.82) is 0 Å². The van der Waals surface area contributed by atoms with Crippen molar-refractivity contribution >= 4 is 10.0 Å². The molecule has 7 nitrogen and oxygen atoms in total. The van der Waals surface area contributed by atoms with Gasteiger partial charge in [-0.3, -0.25) is 9.74 Å². The molecule has 0 aromatic heterocycles. The second-order valence-corrected chi connectivity index (χ2v) is 12.5. The first-order valence-electron chi connectivity index (χ1n) is 12.7. The van der Waals surface area contributed by atoms with Crippen LogP contribution >= 0.6 is 0 Å². The zero-order chi connectivity index (χ0) is 24.9. The van der Waals surface area contributed by atoms with Gasteiger partial charge in [-0.1, -0.05) is 42.5 Å². The summed E-state index contributed by atoms with van der Waals surface area (Å²) in [5, 5.41) is 10.4. The minimum absolute atomic E-state index is 0.0486. The molecule has 6 atom stereocenters. The van der Waals surface area contributed by atoms with Crippen molar-refractivity contribution in [3.8, 4) is 11.1 Å². The second kappa shape index (κ2) is 9.57. The number of nitrogens with zero attached hydrogens (tertiary/aromatic N) is 2. The number of sulfonamides is 1. The van der Waals surface area contributed by atoms with Crippen LogP contribution in [0.3, 0.4) is 0 Å². The first kappa shape index (κ1) is 24.9. The van der Waals surface area contributed by atoms with Crippen molar-refractivity contribution in [2.75, 3.05) is 19.6 Å². The Balaban J connectivity index is 1.40. The number of nitrogens with one attached hydrogen (secondary N) is 1. The van der Waals surface area contributed by atoms with E-state index in [1.54, 1.807) is 4.31 Å². The van der Waals surface area contributed by atoms with E-state index in [1.807, 2.05) is 13.8 Å². The molecule has 3 saturated heterocycles. The molecule has 0 spiro atoms. The Morgan fingerprint density at radius 3 is 2.43 bits per heavy atom. The number of benzene rings is 2. The summed E-state index contributed by atoms with van der Waals surface area (Å²) >= 11 is 0. The number of fused-ring (bicyclic) bond motifs is 1. The molecule has 8 heteroatoms. The van der Waals surface area contributed by atoms with Gasteiger partial charge >= 0.3 is 0 Å². The van der Waals surface area contributed by atoms with E-state index in [1.165, 1.54) is 16.7 Å². The fourth-order valence-electron chi connectivity index (χ4n) is 6.11. The molecule has 3 fully saturated rings. The van der Waals surface area contributed by atoms with Crippen molar-refractivity contribution in [1.82, 2.24) is 14.7 Å². The largest absolute Gasteiger partial charge is 0.378 e. The molecule has 190 valence electrons. The zero-order valence-corrected chi connectivity index (χ0v) is 21.8. The summed E-state index contributed by atoms with van der Waals surface area (Å²) in [6, 6.07) is 14.5. The monoisotopic (exact) mass is 499 g/mol. The minimum Gasteiger partial charge on any atom is -0.378 e. The lowest BCUT2D eigenvalue weighted by Gasteiger charge is -2.55. The molecule has 0 saturated carbocycles. The molecule has 0 radical (unpaired) electrons. The molecular formula is C27H37N3O4S. The molecule has 2 N–H and O–H groups in total. The fourth-order valence-corrected chi connectivity index (χ4v) is 8.31. The maximum absolute atomic E-state index is 13.7. The van der Waals surface area contributed by atoms with Crippen LogP contribution in [-0.4, -0.2) is 72.0 Å². The summed E-state index contributed by atoms with van der Waals surface area (Å²) in [5.74, 6) is -0.119. The highest BCUT2D eigenvalue weighted by molar-refractivity contribution is 7.89. The van der Waals surface area contributed by atoms with E-state index in [4.69, 9.17) is 4.84 Å². The SMILES string of the molecule is Cc1cccc(-c2ccc([C@@H]3[C@@H](O)N4CCCCN(S(=O)(=O)C5C(C)NOC5C)C[C@@H]34)cc2)c1C. The Hall–Kier alpha value is -1.81. The number of rotatable bonds is 4. The van der Waals surface area contributed by atoms with Gasteiger partial charge in [0.15, 0.2) is 0 Å². The normalized spacial score (nSPS) is 32.5. The quantitative estimate of drug-likeness (QED) is 0.673. The maximum atomic E-state index is 13.7. The zero-order valence-electron chi connectivity index (χ0n) is 21.0. The molecule has 2 aromatic carbocycles. The van der Waals surface area contributed by atoms with E-state index in [9.17, 15) is 13.5 Å².